The number of ether oxygens (including phenoxy) is 1. The van der Waals surface area contributed by atoms with E-state index in [9.17, 15) is 8.42 Å². The van der Waals surface area contributed by atoms with Crippen molar-refractivity contribution in [1.82, 2.24) is 9.78 Å². The van der Waals surface area contributed by atoms with Gasteiger partial charge in [-0.05, 0) is 30.3 Å². The summed E-state index contributed by atoms with van der Waals surface area (Å²) >= 11 is 0. The number of nitrogens with zero attached hydrogens (tertiary/aromatic N) is 2. The molecule has 0 bridgehead atoms. The number of hydrogen-bond acceptors (Lipinski definition) is 4. The fraction of sp³-hybridized carbons (Fsp3) is 0.182. The Morgan fingerprint density at radius 2 is 1.94 bits per heavy atom. The standard InChI is InChI=1S/C11H11ClN2O3S/c1-14-7-6-9(13-14)8-17-10-2-4-11(5-3-10)18(12,15)16/h2-7H,8H2,1H3. The summed E-state index contributed by atoms with van der Waals surface area (Å²) in [7, 11) is 3.35. The third-order valence-corrected chi connectivity index (χ3v) is 3.63. The molecule has 0 atom stereocenters. The van der Waals surface area contributed by atoms with E-state index in [2.05, 4.69) is 5.10 Å². The van der Waals surface area contributed by atoms with Gasteiger partial charge in [0.25, 0.3) is 9.05 Å². The highest BCUT2D eigenvalue weighted by atomic mass is 35.7. The Morgan fingerprint density at radius 3 is 2.44 bits per heavy atom. The molecule has 96 valence electrons. The lowest BCUT2D eigenvalue weighted by atomic mass is 10.3. The van der Waals surface area contributed by atoms with Crippen LogP contribution in [0.25, 0.3) is 0 Å². The summed E-state index contributed by atoms with van der Waals surface area (Å²) < 4.78 is 29.2. The second-order valence-electron chi connectivity index (χ2n) is 3.68. The van der Waals surface area contributed by atoms with Gasteiger partial charge >= 0.3 is 0 Å². The number of rotatable bonds is 4. The molecule has 0 aliphatic carbocycles. The predicted octanol–water partition coefficient (Wildman–Crippen LogP) is 1.93. The molecule has 0 radical (unpaired) electrons. The monoisotopic (exact) mass is 286 g/mol. The molecule has 1 heterocycles. The van der Waals surface area contributed by atoms with Gasteiger partial charge < -0.3 is 4.74 Å². The number of hydrogen-bond donors (Lipinski definition) is 0. The minimum Gasteiger partial charge on any atom is -0.487 e. The highest BCUT2D eigenvalue weighted by Gasteiger charge is 2.09. The molecule has 0 fully saturated rings. The van der Waals surface area contributed by atoms with E-state index in [1.165, 1.54) is 12.1 Å². The Bertz CT molecular complexity index is 635. The van der Waals surface area contributed by atoms with Gasteiger partial charge in [-0.15, -0.1) is 0 Å². The predicted molar refractivity (Wildman–Crippen MR) is 67.0 cm³/mol. The maximum absolute atomic E-state index is 11.0. The zero-order valence-electron chi connectivity index (χ0n) is 9.58. The van der Waals surface area contributed by atoms with Crippen molar-refractivity contribution >= 4 is 19.7 Å². The van der Waals surface area contributed by atoms with E-state index >= 15 is 0 Å². The molecule has 7 heteroatoms. The number of aryl methyl sites for hydroxylation is 1. The first-order valence-electron chi connectivity index (χ1n) is 5.11. The van der Waals surface area contributed by atoms with Crippen molar-refractivity contribution in [1.29, 1.82) is 0 Å². The molecule has 0 aliphatic heterocycles. The molecule has 2 aromatic rings. The first-order valence-corrected chi connectivity index (χ1v) is 7.42. The van der Waals surface area contributed by atoms with Crippen molar-refractivity contribution in [3.63, 3.8) is 0 Å². The summed E-state index contributed by atoms with van der Waals surface area (Å²) in [5.41, 5.74) is 0.798. The van der Waals surface area contributed by atoms with Crippen molar-refractivity contribution in [3.05, 3.63) is 42.2 Å². The van der Waals surface area contributed by atoms with Crippen molar-refractivity contribution in [2.24, 2.45) is 7.05 Å². The van der Waals surface area contributed by atoms with Crippen molar-refractivity contribution in [3.8, 4) is 5.75 Å². The third-order valence-electron chi connectivity index (χ3n) is 2.26. The van der Waals surface area contributed by atoms with Crippen LogP contribution < -0.4 is 4.74 Å². The van der Waals surface area contributed by atoms with Gasteiger partial charge in [-0.3, -0.25) is 4.68 Å². The zero-order valence-corrected chi connectivity index (χ0v) is 11.1. The molecular weight excluding hydrogens is 276 g/mol. The minimum absolute atomic E-state index is 0.0503. The summed E-state index contributed by atoms with van der Waals surface area (Å²) in [5, 5.41) is 4.16. The van der Waals surface area contributed by atoms with Crippen LogP contribution in [0.4, 0.5) is 0 Å². The first-order chi connectivity index (χ1) is 8.45. The van der Waals surface area contributed by atoms with Gasteiger partial charge in [0, 0.05) is 23.9 Å². The summed E-state index contributed by atoms with van der Waals surface area (Å²) in [6.45, 7) is 0.327. The molecular formula is C11H11ClN2O3S. The van der Waals surface area contributed by atoms with Crippen LogP contribution in [0, 0.1) is 0 Å². The van der Waals surface area contributed by atoms with Crippen LogP contribution in [0.2, 0.25) is 0 Å². The van der Waals surface area contributed by atoms with E-state index in [4.69, 9.17) is 15.4 Å². The fourth-order valence-corrected chi connectivity index (χ4v) is 2.17. The molecule has 0 amide bonds. The van der Waals surface area contributed by atoms with Crippen molar-refractivity contribution in [2.75, 3.05) is 0 Å². The average molecular weight is 287 g/mol. The van der Waals surface area contributed by atoms with Crippen LogP contribution in [0.5, 0.6) is 5.75 Å². The molecule has 0 spiro atoms. The summed E-state index contributed by atoms with van der Waals surface area (Å²) in [5.74, 6) is 0.560. The smallest absolute Gasteiger partial charge is 0.261 e. The zero-order chi connectivity index (χ0) is 13.2. The Labute approximate surface area is 109 Å². The molecule has 18 heavy (non-hydrogen) atoms. The van der Waals surface area contributed by atoms with Gasteiger partial charge in [-0.1, -0.05) is 0 Å². The number of benzene rings is 1. The topological polar surface area (TPSA) is 61.2 Å². The largest absolute Gasteiger partial charge is 0.487 e. The lowest BCUT2D eigenvalue weighted by Crippen LogP contribution is -1.98. The average Bonchev–Trinajstić information content (AvgIpc) is 2.72. The first kappa shape index (κ1) is 12.9. The maximum atomic E-state index is 11.0. The molecule has 0 unspecified atom stereocenters. The van der Waals surface area contributed by atoms with Crippen LogP contribution in [-0.2, 0) is 22.7 Å². The van der Waals surface area contributed by atoms with Gasteiger partial charge in [-0.25, -0.2) is 8.42 Å². The highest BCUT2D eigenvalue weighted by Crippen LogP contribution is 2.19. The van der Waals surface area contributed by atoms with Gasteiger partial charge in [0.15, 0.2) is 0 Å². The normalized spacial score (nSPS) is 11.4. The second-order valence-corrected chi connectivity index (χ2v) is 6.24. The maximum Gasteiger partial charge on any atom is 0.261 e. The minimum atomic E-state index is -3.68. The Kier molecular flexibility index (Phi) is 3.58. The summed E-state index contributed by atoms with van der Waals surface area (Å²) in [6, 6.07) is 7.75. The van der Waals surface area contributed by atoms with Gasteiger partial charge in [0.2, 0.25) is 0 Å². The Hall–Kier alpha value is -1.53. The molecule has 5 nitrogen and oxygen atoms in total. The van der Waals surface area contributed by atoms with Crippen molar-refractivity contribution < 1.29 is 13.2 Å². The molecule has 2 rings (SSSR count). The van der Waals surface area contributed by atoms with Crippen LogP contribution in [0.1, 0.15) is 5.69 Å². The van der Waals surface area contributed by atoms with E-state index in [0.29, 0.717) is 12.4 Å². The van der Waals surface area contributed by atoms with E-state index in [1.54, 1.807) is 16.8 Å². The molecule has 1 aromatic heterocycles. The van der Waals surface area contributed by atoms with Crippen LogP contribution in [0.15, 0.2) is 41.4 Å². The second kappa shape index (κ2) is 4.99. The molecule has 0 aliphatic rings. The molecule has 0 saturated carbocycles. The lowest BCUT2D eigenvalue weighted by Gasteiger charge is -2.04. The van der Waals surface area contributed by atoms with Gasteiger partial charge in [0.1, 0.15) is 12.4 Å². The quantitative estimate of drug-likeness (QED) is 0.806. The van der Waals surface area contributed by atoms with E-state index in [0.717, 1.165) is 5.69 Å². The van der Waals surface area contributed by atoms with E-state index in [-0.39, 0.29) is 4.90 Å². The molecule has 0 saturated heterocycles. The highest BCUT2D eigenvalue weighted by molar-refractivity contribution is 8.13. The van der Waals surface area contributed by atoms with Crippen LogP contribution in [0.3, 0.4) is 0 Å². The number of halogens is 1. The lowest BCUT2D eigenvalue weighted by molar-refractivity contribution is 0.300. The summed E-state index contributed by atoms with van der Waals surface area (Å²) in [4.78, 5) is 0.0503. The SMILES string of the molecule is Cn1ccc(COc2ccc(S(=O)(=O)Cl)cc2)n1. The molecule has 1 aromatic carbocycles. The molecule has 0 N–H and O–H groups in total. The third kappa shape index (κ3) is 3.24. The summed E-state index contributed by atoms with van der Waals surface area (Å²) in [6.07, 6.45) is 1.82. The van der Waals surface area contributed by atoms with E-state index in [1.807, 2.05) is 19.3 Å². The Morgan fingerprint density at radius 1 is 1.28 bits per heavy atom. The van der Waals surface area contributed by atoms with Crippen LogP contribution in [-0.4, -0.2) is 18.2 Å². The Balaban J connectivity index is 2.03. The van der Waals surface area contributed by atoms with Gasteiger partial charge in [-0.2, -0.15) is 5.10 Å². The van der Waals surface area contributed by atoms with E-state index < -0.39 is 9.05 Å². The fourth-order valence-electron chi connectivity index (χ4n) is 1.40. The van der Waals surface area contributed by atoms with Crippen molar-refractivity contribution in [2.45, 2.75) is 11.5 Å². The van der Waals surface area contributed by atoms with Gasteiger partial charge in [0.05, 0.1) is 10.6 Å². The number of aromatic nitrogens is 2. The van der Waals surface area contributed by atoms with Crippen LogP contribution >= 0.6 is 10.7 Å².